The van der Waals surface area contributed by atoms with Gasteiger partial charge < -0.3 is 10.2 Å². The first-order chi connectivity index (χ1) is 13.4. The Labute approximate surface area is 177 Å². The Hall–Kier alpha value is -2.66. The van der Waals surface area contributed by atoms with E-state index in [0.29, 0.717) is 0 Å². The average molecular weight is 413 g/mol. The van der Waals surface area contributed by atoms with E-state index < -0.39 is 0 Å². The van der Waals surface area contributed by atoms with Crippen LogP contribution in [0.2, 0.25) is 0 Å². The number of fused-ring (bicyclic) bond motifs is 1. The molecule has 0 fully saturated rings. The smallest absolute Gasteiger partial charge is 0.228 e. The summed E-state index contributed by atoms with van der Waals surface area (Å²) in [5.41, 5.74) is 6.37. The molecule has 0 spiro atoms. The van der Waals surface area contributed by atoms with Crippen LogP contribution in [-0.4, -0.2) is 16.5 Å². The largest absolute Gasteiger partial charge is 0.340 e. The van der Waals surface area contributed by atoms with Gasteiger partial charge in [-0.2, -0.15) is 4.98 Å². The van der Waals surface area contributed by atoms with Crippen LogP contribution in [0, 0.1) is 26.6 Å². The topological polar surface area (TPSA) is 41.1 Å². The van der Waals surface area contributed by atoms with Crippen molar-refractivity contribution in [3.05, 3.63) is 76.2 Å². The van der Waals surface area contributed by atoms with E-state index in [0.717, 1.165) is 47.2 Å². The minimum atomic E-state index is -0.236. The maximum Gasteiger partial charge on any atom is 0.228 e. The van der Waals surface area contributed by atoms with Gasteiger partial charge in [-0.3, -0.25) is 0 Å². The van der Waals surface area contributed by atoms with Crippen LogP contribution in [0.3, 0.4) is 0 Å². The number of nitrogens with zero attached hydrogens (tertiary/aromatic N) is 3. The maximum atomic E-state index is 13.4. The van der Waals surface area contributed by atoms with Crippen LogP contribution in [0.25, 0.3) is 0 Å². The number of nitrogens with one attached hydrogen (secondary N) is 1. The molecule has 0 saturated carbocycles. The molecule has 0 unspecified atom stereocenters. The summed E-state index contributed by atoms with van der Waals surface area (Å²) >= 11 is 0. The van der Waals surface area contributed by atoms with E-state index in [9.17, 15) is 4.39 Å². The van der Waals surface area contributed by atoms with Crippen molar-refractivity contribution in [3.8, 4) is 0 Å². The predicted octanol–water partition coefficient (Wildman–Crippen LogP) is 5.83. The summed E-state index contributed by atoms with van der Waals surface area (Å²) in [6, 6.07) is 13.5. The Bertz CT molecular complexity index is 1040. The predicted molar refractivity (Wildman–Crippen MR) is 119 cm³/mol. The Morgan fingerprint density at radius 2 is 1.83 bits per heavy atom. The van der Waals surface area contributed by atoms with Gasteiger partial charge >= 0.3 is 0 Å². The molecule has 0 radical (unpaired) electrons. The van der Waals surface area contributed by atoms with E-state index in [1.54, 1.807) is 6.07 Å². The second kappa shape index (κ2) is 8.37. The molecule has 0 bridgehead atoms. The van der Waals surface area contributed by atoms with Crippen LogP contribution in [0.1, 0.15) is 40.9 Å². The molecule has 2 heterocycles. The lowest BCUT2D eigenvalue weighted by Crippen LogP contribution is -2.35. The van der Waals surface area contributed by atoms with Crippen LogP contribution in [0.4, 0.5) is 21.8 Å². The van der Waals surface area contributed by atoms with Crippen molar-refractivity contribution in [1.82, 2.24) is 9.97 Å². The van der Waals surface area contributed by atoms with Crippen molar-refractivity contribution in [2.75, 3.05) is 16.8 Å². The van der Waals surface area contributed by atoms with Crippen LogP contribution in [0.5, 0.6) is 0 Å². The highest BCUT2D eigenvalue weighted by Crippen LogP contribution is 2.33. The van der Waals surface area contributed by atoms with Gasteiger partial charge in [0.05, 0.1) is 6.04 Å². The molecule has 0 aliphatic carbocycles. The number of benzene rings is 2. The summed E-state index contributed by atoms with van der Waals surface area (Å²) in [7, 11) is 0. The lowest BCUT2D eigenvalue weighted by Gasteiger charge is -2.35. The lowest BCUT2D eigenvalue weighted by molar-refractivity contribution is 0.607. The molecule has 6 heteroatoms. The molecule has 1 aromatic heterocycles. The van der Waals surface area contributed by atoms with Gasteiger partial charge in [0.25, 0.3) is 0 Å². The van der Waals surface area contributed by atoms with Gasteiger partial charge in [0.15, 0.2) is 0 Å². The Morgan fingerprint density at radius 1 is 1.07 bits per heavy atom. The molecule has 4 nitrogen and oxygen atoms in total. The van der Waals surface area contributed by atoms with E-state index in [-0.39, 0.29) is 24.3 Å². The second-order valence-corrected chi connectivity index (χ2v) is 7.49. The fourth-order valence-corrected chi connectivity index (χ4v) is 3.80. The van der Waals surface area contributed by atoms with E-state index in [4.69, 9.17) is 9.97 Å². The van der Waals surface area contributed by atoms with Crippen LogP contribution in [0.15, 0.2) is 42.5 Å². The Morgan fingerprint density at radius 3 is 2.59 bits per heavy atom. The number of hydrogen-bond donors (Lipinski definition) is 1. The molecule has 1 aliphatic rings. The van der Waals surface area contributed by atoms with E-state index in [2.05, 4.69) is 41.4 Å². The molecular formula is C23H26ClFN4. The summed E-state index contributed by atoms with van der Waals surface area (Å²) < 4.78 is 13.4. The highest BCUT2D eigenvalue weighted by Gasteiger charge is 2.26. The summed E-state index contributed by atoms with van der Waals surface area (Å²) in [6.07, 6.45) is 0.983. The first kappa shape index (κ1) is 21.1. The minimum Gasteiger partial charge on any atom is -0.340 e. The fraction of sp³-hybridized carbons (Fsp3) is 0.304. The highest BCUT2D eigenvalue weighted by atomic mass is 35.5. The molecule has 0 amide bonds. The molecule has 29 heavy (non-hydrogen) atoms. The van der Waals surface area contributed by atoms with Crippen molar-refractivity contribution >= 4 is 29.9 Å². The van der Waals surface area contributed by atoms with Gasteiger partial charge in [0.1, 0.15) is 11.6 Å². The minimum absolute atomic E-state index is 0. The number of anilines is 3. The monoisotopic (exact) mass is 412 g/mol. The maximum absolute atomic E-state index is 13.4. The summed E-state index contributed by atoms with van der Waals surface area (Å²) in [5.74, 6) is 1.26. The normalized spacial score (nSPS) is 15.5. The van der Waals surface area contributed by atoms with E-state index >= 15 is 0 Å². The first-order valence-electron chi connectivity index (χ1n) is 9.67. The first-order valence-corrected chi connectivity index (χ1v) is 9.67. The Kier molecular flexibility index (Phi) is 6.08. The van der Waals surface area contributed by atoms with Crippen LogP contribution >= 0.6 is 12.4 Å². The zero-order valence-electron chi connectivity index (χ0n) is 17.2. The van der Waals surface area contributed by atoms with Gasteiger partial charge in [-0.25, -0.2) is 9.37 Å². The number of aromatic nitrogens is 2. The third-order valence-corrected chi connectivity index (χ3v) is 5.67. The SMILES string of the molecule is Cc1cc(F)ccc1Nc1nc(N2CCc3ccccc3[C@H]2C)nc(C)c1C.Cl. The van der Waals surface area contributed by atoms with Gasteiger partial charge in [0, 0.05) is 23.5 Å². The molecular weight excluding hydrogens is 387 g/mol. The van der Waals surface area contributed by atoms with Crippen LogP contribution in [-0.2, 0) is 6.42 Å². The summed E-state index contributed by atoms with van der Waals surface area (Å²) in [6.45, 7) is 8.99. The lowest BCUT2D eigenvalue weighted by atomic mass is 9.94. The molecule has 2 aromatic carbocycles. The van der Waals surface area contributed by atoms with Gasteiger partial charge in [-0.15, -0.1) is 12.4 Å². The van der Waals surface area contributed by atoms with E-state index in [1.807, 2.05) is 20.8 Å². The van der Waals surface area contributed by atoms with Crippen LogP contribution < -0.4 is 10.2 Å². The number of halogens is 2. The molecule has 1 N–H and O–H groups in total. The average Bonchev–Trinajstić information content (AvgIpc) is 2.68. The van der Waals surface area contributed by atoms with Crippen molar-refractivity contribution in [2.24, 2.45) is 0 Å². The molecule has 1 aliphatic heterocycles. The standard InChI is InChI=1S/C23H25FN4.ClH/c1-14-13-19(24)9-10-21(14)26-22-15(2)16(3)25-23(27-22)28-12-11-18-7-5-6-8-20(18)17(28)4;/h5-10,13,17H,11-12H2,1-4H3,(H,25,26,27);1H/t17-;/m1./s1. The van der Waals surface area contributed by atoms with Gasteiger partial charge in [-0.1, -0.05) is 24.3 Å². The molecule has 1 atom stereocenters. The molecule has 3 aromatic rings. The second-order valence-electron chi connectivity index (χ2n) is 7.49. The quantitative estimate of drug-likeness (QED) is 0.587. The number of hydrogen-bond acceptors (Lipinski definition) is 4. The molecule has 4 rings (SSSR count). The molecule has 0 saturated heterocycles. The fourth-order valence-electron chi connectivity index (χ4n) is 3.80. The molecule has 152 valence electrons. The Balaban J connectivity index is 0.00000240. The summed E-state index contributed by atoms with van der Waals surface area (Å²) in [4.78, 5) is 11.9. The van der Waals surface area contributed by atoms with Crippen molar-refractivity contribution in [2.45, 2.75) is 40.2 Å². The van der Waals surface area contributed by atoms with Crippen molar-refractivity contribution < 1.29 is 4.39 Å². The van der Waals surface area contributed by atoms with Crippen molar-refractivity contribution in [3.63, 3.8) is 0 Å². The zero-order chi connectivity index (χ0) is 19.8. The third-order valence-electron chi connectivity index (χ3n) is 5.67. The van der Waals surface area contributed by atoms with Gasteiger partial charge in [0.2, 0.25) is 5.95 Å². The van der Waals surface area contributed by atoms with Gasteiger partial charge in [-0.05, 0) is 69.0 Å². The number of rotatable bonds is 3. The van der Waals surface area contributed by atoms with E-state index in [1.165, 1.54) is 23.3 Å². The van der Waals surface area contributed by atoms with Crippen molar-refractivity contribution in [1.29, 1.82) is 0 Å². The number of aryl methyl sites for hydroxylation is 2. The third kappa shape index (κ3) is 4.06. The highest BCUT2D eigenvalue weighted by molar-refractivity contribution is 5.85. The zero-order valence-corrected chi connectivity index (χ0v) is 18.0. The summed E-state index contributed by atoms with van der Waals surface area (Å²) in [5, 5.41) is 3.38.